The Labute approximate surface area is 255 Å². The van der Waals surface area contributed by atoms with Gasteiger partial charge in [0, 0.05) is 29.3 Å². The molecule has 0 atom stereocenters. The summed E-state index contributed by atoms with van der Waals surface area (Å²) in [5.74, 6) is -0.519. The minimum absolute atomic E-state index is 0.0152. The largest absolute Gasteiger partial charge is 0.507 e. The lowest BCUT2D eigenvalue weighted by molar-refractivity contribution is -0.147. The maximum absolute atomic E-state index is 12.7. The van der Waals surface area contributed by atoms with E-state index in [2.05, 4.69) is 5.10 Å². The number of carbonyl (C=O) groups excluding carboxylic acids is 1. The fraction of sp³-hybridized carbons (Fsp3) is 0.0606. The molecule has 0 aliphatic heterocycles. The van der Waals surface area contributed by atoms with Gasteiger partial charge in [-0.15, -0.1) is 0 Å². The zero-order chi connectivity index (χ0) is 29.9. The molecule has 214 valence electrons. The van der Waals surface area contributed by atoms with Crippen molar-refractivity contribution in [2.45, 2.75) is 6.61 Å². The summed E-state index contributed by atoms with van der Waals surface area (Å²) in [4.78, 5) is 25.3. The van der Waals surface area contributed by atoms with E-state index >= 15 is 0 Å². The number of rotatable bonds is 8. The molecule has 0 saturated carbocycles. The Bertz CT molecular complexity index is 2010. The average molecular weight is 613 g/mol. The molecule has 0 bridgehead atoms. The van der Waals surface area contributed by atoms with Crippen LogP contribution in [0.15, 0.2) is 112 Å². The Morgan fingerprint density at radius 3 is 2.35 bits per heavy atom. The molecule has 0 aliphatic rings. The highest BCUT2D eigenvalue weighted by Crippen LogP contribution is 2.32. The van der Waals surface area contributed by atoms with Crippen LogP contribution >= 0.6 is 23.2 Å². The predicted molar refractivity (Wildman–Crippen MR) is 164 cm³/mol. The Kier molecular flexibility index (Phi) is 7.87. The van der Waals surface area contributed by atoms with Crippen molar-refractivity contribution in [2.24, 2.45) is 0 Å². The number of halogens is 2. The fourth-order valence-electron chi connectivity index (χ4n) is 4.54. The van der Waals surface area contributed by atoms with E-state index in [0.717, 1.165) is 16.9 Å². The highest BCUT2D eigenvalue weighted by Gasteiger charge is 2.16. The van der Waals surface area contributed by atoms with Gasteiger partial charge in [0.2, 0.25) is 0 Å². The molecule has 6 rings (SSSR count). The standard InChI is InChI=1S/C33H22Cl2N2O6/c34-25-12-11-21(13-26(25)35)27-14-22(36-37(27)23-9-5-2-6-10-23)18-42-32(40)19-41-24-15-28(38)33-29(39)17-30(43-31(33)16-24)20-7-3-1-4-8-20/h1-17,38H,18-19H2. The van der Waals surface area contributed by atoms with Gasteiger partial charge < -0.3 is 19.0 Å². The summed E-state index contributed by atoms with van der Waals surface area (Å²) in [6, 6.07) is 29.7. The number of esters is 1. The summed E-state index contributed by atoms with van der Waals surface area (Å²) >= 11 is 12.4. The summed E-state index contributed by atoms with van der Waals surface area (Å²) in [5.41, 5.74) is 3.24. The van der Waals surface area contributed by atoms with E-state index in [0.29, 0.717) is 27.1 Å². The third kappa shape index (κ3) is 6.11. The number of carbonyl (C=O) groups is 1. The highest BCUT2D eigenvalue weighted by molar-refractivity contribution is 6.42. The summed E-state index contributed by atoms with van der Waals surface area (Å²) in [5, 5.41) is 16.0. The number of hydrogen-bond donors (Lipinski definition) is 1. The number of para-hydroxylation sites is 1. The van der Waals surface area contributed by atoms with Crippen LogP contribution in [0.5, 0.6) is 11.5 Å². The van der Waals surface area contributed by atoms with Crippen molar-refractivity contribution in [2.75, 3.05) is 6.61 Å². The van der Waals surface area contributed by atoms with E-state index in [1.54, 1.807) is 35.0 Å². The summed E-state index contributed by atoms with van der Waals surface area (Å²) in [6.45, 7) is -0.568. The van der Waals surface area contributed by atoms with E-state index in [1.165, 1.54) is 18.2 Å². The fourth-order valence-corrected chi connectivity index (χ4v) is 4.84. The molecule has 8 nitrogen and oxygen atoms in total. The van der Waals surface area contributed by atoms with Crippen LogP contribution in [-0.2, 0) is 16.1 Å². The van der Waals surface area contributed by atoms with Gasteiger partial charge in [0.05, 0.1) is 21.4 Å². The zero-order valence-corrected chi connectivity index (χ0v) is 23.9. The van der Waals surface area contributed by atoms with E-state index in [4.69, 9.17) is 37.1 Å². The van der Waals surface area contributed by atoms with Gasteiger partial charge in [0.25, 0.3) is 0 Å². The van der Waals surface area contributed by atoms with Crippen molar-refractivity contribution in [3.05, 3.63) is 129 Å². The second-order valence-electron chi connectivity index (χ2n) is 9.50. The number of phenols is 1. The van der Waals surface area contributed by atoms with Crippen LogP contribution in [0.1, 0.15) is 5.69 Å². The first-order chi connectivity index (χ1) is 20.9. The number of phenolic OH excluding ortho intramolecular Hbond substituents is 1. The van der Waals surface area contributed by atoms with Crippen LogP contribution in [0.2, 0.25) is 10.0 Å². The predicted octanol–water partition coefficient (Wildman–Crippen LogP) is 7.45. The maximum Gasteiger partial charge on any atom is 0.344 e. The molecule has 0 fully saturated rings. The molecular formula is C33H22Cl2N2O6. The number of aromatic hydroxyl groups is 1. The number of fused-ring (bicyclic) bond motifs is 1. The number of nitrogens with zero attached hydrogens (tertiary/aromatic N) is 2. The highest BCUT2D eigenvalue weighted by atomic mass is 35.5. The van der Waals surface area contributed by atoms with Crippen LogP contribution in [0.4, 0.5) is 0 Å². The topological polar surface area (TPSA) is 104 Å². The van der Waals surface area contributed by atoms with Crippen molar-refractivity contribution in [1.29, 1.82) is 0 Å². The SMILES string of the molecule is O=C(COc1cc(O)c2c(=O)cc(-c3ccccc3)oc2c1)OCc1cc(-c2ccc(Cl)c(Cl)c2)n(-c2ccccc2)n1. The van der Waals surface area contributed by atoms with Gasteiger partial charge in [-0.2, -0.15) is 5.10 Å². The van der Waals surface area contributed by atoms with Gasteiger partial charge >= 0.3 is 5.97 Å². The zero-order valence-electron chi connectivity index (χ0n) is 22.4. The molecule has 4 aromatic carbocycles. The minimum Gasteiger partial charge on any atom is -0.507 e. The number of aromatic nitrogens is 2. The van der Waals surface area contributed by atoms with Crippen molar-refractivity contribution >= 4 is 40.1 Å². The second-order valence-corrected chi connectivity index (χ2v) is 10.3. The Balaban J connectivity index is 1.18. The van der Waals surface area contributed by atoms with Gasteiger partial charge in [0.15, 0.2) is 12.0 Å². The lowest BCUT2D eigenvalue weighted by Gasteiger charge is -2.09. The Hall–Kier alpha value is -5.05. The molecule has 43 heavy (non-hydrogen) atoms. The van der Waals surface area contributed by atoms with E-state index in [-0.39, 0.29) is 29.1 Å². The van der Waals surface area contributed by atoms with Crippen molar-refractivity contribution in [3.63, 3.8) is 0 Å². The summed E-state index contributed by atoms with van der Waals surface area (Å²) in [7, 11) is 0. The van der Waals surface area contributed by atoms with E-state index in [9.17, 15) is 14.7 Å². The molecule has 0 amide bonds. The molecule has 2 aromatic heterocycles. The summed E-state index contributed by atoms with van der Waals surface area (Å²) in [6.07, 6.45) is 0. The molecule has 0 saturated heterocycles. The number of benzene rings is 4. The molecule has 0 unspecified atom stereocenters. The summed E-state index contributed by atoms with van der Waals surface area (Å²) < 4.78 is 18.6. The van der Waals surface area contributed by atoms with Crippen molar-refractivity contribution in [1.82, 2.24) is 9.78 Å². The first-order valence-corrected chi connectivity index (χ1v) is 13.9. The number of ether oxygens (including phenoxy) is 2. The molecule has 6 aromatic rings. The van der Waals surface area contributed by atoms with Crippen LogP contribution in [0.3, 0.4) is 0 Å². The van der Waals surface area contributed by atoms with Gasteiger partial charge in [-0.1, -0.05) is 77.8 Å². The van der Waals surface area contributed by atoms with Crippen LogP contribution < -0.4 is 10.2 Å². The average Bonchev–Trinajstić information content (AvgIpc) is 3.45. The molecule has 0 aliphatic carbocycles. The van der Waals surface area contributed by atoms with Crippen LogP contribution in [0.25, 0.3) is 39.2 Å². The lowest BCUT2D eigenvalue weighted by atomic mass is 10.1. The first kappa shape index (κ1) is 28.1. The molecular weight excluding hydrogens is 591 g/mol. The van der Waals surface area contributed by atoms with Gasteiger partial charge in [-0.3, -0.25) is 4.79 Å². The van der Waals surface area contributed by atoms with Crippen LogP contribution in [-0.4, -0.2) is 27.5 Å². The lowest BCUT2D eigenvalue weighted by Crippen LogP contribution is -2.15. The molecule has 1 N–H and O–H groups in total. The minimum atomic E-state index is -0.663. The quantitative estimate of drug-likeness (QED) is 0.178. The smallest absolute Gasteiger partial charge is 0.344 e. The molecule has 10 heteroatoms. The second kappa shape index (κ2) is 12.1. The molecule has 2 heterocycles. The van der Waals surface area contributed by atoms with Crippen molar-refractivity contribution in [3.8, 4) is 39.8 Å². The monoisotopic (exact) mass is 612 g/mol. The first-order valence-electron chi connectivity index (χ1n) is 13.1. The molecule has 0 radical (unpaired) electrons. The van der Waals surface area contributed by atoms with Gasteiger partial charge in [-0.25, -0.2) is 9.48 Å². The maximum atomic E-state index is 12.7. The van der Waals surface area contributed by atoms with Gasteiger partial charge in [0.1, 0.15) is 40.5 Å². The van der Waals surface area contributed by atoms with Crippen molar-refractivity contribution < 1.29 is 23.8 Å². The van der Waals surface area contributed by atoms with E-state index < -0.39 is 18.0 Å². The van der Waals surface area contributed by atoms with E-state index in [1.807, 2.05) is 54.6 Å². The van der Waals surface area contributed by atoms with Crippen LogP contribution in [0, 0.1) is 0 Å². The normalized spacial score (nSPS) is 11.0. The molecule has 0 spiro atoms. The Morgan fingerprint density at radius 2 is 1.60 bits per heavy atom. The third-order valence-electron chi connectivity index (χ3n) is 6.56. The number of hydrogen-bond acceptors (Lipinski definition) is 7. The van der Waals surface area contributed by atoms with Gasteiger partial charge in [-0.05, 0) is 30.3 Å². The Morgan fingerprint density at radius 1 is 0.860 bits per heavy atom. The third-order valence-corrected chi connectivity index (χ3v) is 7.29.